The van der Waals surface area contributed by atoms with E-state index in [9.17, 15) is 0 Å². The second-order valence-electron chi connectivity index (χ2n) is 17.1. The van der Waals surface area contributed by atoms with Crippen molar-refractivity contribution in [2.24, 2.45) is 0 Å². The maximum Gasteiger partial charge on any atom is 4.00 e. The third kappa shape index (κ3) is 11.8. The molecule has 2 unspecified atom stereocenters. The van der Waals surface area contributed by atoms with Crippen LogP contribution in [0.5, 0.6) is 0 Å². The first-order valence-electron chi connectivity index (χ1n) is 17.7. The maximum absolute atomic E-state index is 5.69. The molecule has 2 heterocycles. The van der Waals surface area contributed by atoms with Gasteiger partial charge in [0.15, 0.2) is 0 Å². The van der Waals surface area contributed by atoms with Gasteiger partial charge < -0.3 is 54.5 Å². The van der Waals surface area contributed by atoms with Gasteiger partial charge in [-0.2, -0.15) is 0 Å². The fourth-order valence-electron chi connectivity index (χ4n) is 9.56. The second kappa shape index (κ2) is 21.4. The molecule has 0 amide bonds. The Morgan fingerprint density at radius 1 is 0.528 bits per heavy atom. The predicted octanol–water partition coefficient (Wildman–Crippen LogP) is 13.1. The molecule has 2 aromatic rings. The molecule has 0 N–H and O–H groups in total. The van der Waals surface area contributed by atoms with Gasteiger partial charge in [0, 0.05) is 0 Å². The summed E-state index contributed by atoms with van der Waals surface area (Å²) in [4.78, 5) is 17.0. The van der Waals surface area contributed by atoms with Crippen molar-refractivity contribution in [1.29, 1.82) is 0 Å². The van der Waals surface area contributed by atoms with Crippen LogP contribution in [0.4, 0.5) is 0 Å². The van der Waals surface area contributed by atoms with Crippen LogP contribution in [0.15, 0.2) is 59.7 Å². The van der Waals surface area contributed by atoms with Crippen molar-refractivity contribution in [2.75, 3.05) is 26.2 Å². The van der Waals surface area contributed by atoms with Crippen molar-refractivity contribution in [1.82, 2.24) is 9.80 Å². The summed E-state index contributed by atoms with van der Waals surface area (Å²) < 4.78 is 0. The Labute approximate surface area is 363 Å². The summed E-state index contributed by atoms with van der Waals surface area (Å²) in [5.74, 6) is 0. The number of benzene rings is 2. The fraction of sp³-hybridized carbons (Fsp3) is 0.511. The van der Waals surface area contributed by atoms with Crippen LogP contribution in [0.2, 0.25) is 26.2 Å². The third-order valence-electron chi connectivity index (χ3n) is 10.2. The number of rotatable bonds is 8. The molecule has 2 aliphatic carbocycles. The molecule has 0 spiro atoms. The van der Waals surface area contributed by atoms with Crippen LogP contribution < -0.4 is 0 Å². The Morgan fingerprint density at radius 2 is 0.811 bits per heavy atom. The first-order valence-corrected chi connectivity index (χ1v) is 23.6. The summed E-state index contributed by atoms with van der Waals surface area (Å²) in [6, 6.07) is 19.5. The van der Waals surface area contributed by atoms with Crippen molar-refractivity contribution >= 4 is 26.9 Å². The average molecular weight is 825 g/mol. The third-order valence-corrected chi connectivity index (χ3v) is 16.3. The van der Waals surface area contributed by atoms with E-state index < -0.39 is 16.5 Å². The summed E-state index contributed by atoms with van der Waals surface area (Å²) >= 11 is 0. The summed E-state index contributed by atoms with van der Waals surface area (Å²) in [5.41, 5.74) is 9.21. The van der Waals surface area contributed by atoms with Crippen LogP contribution in [0, 0.1) is 44.6 Å². The zero-order valence-electron chi connectivity index (χ0n) is 36.9. The molecule has 4 aliphatic rings. The monoisotopic (exact) mass is 824 g/mol. The summed E-state index contributed by atoms with van der Waals surface area (Å²) in [6.45, 7) is 28.6. The van der Waals surface area contributed by atoms with Gasteiger partial charge in [0.2, 0.25) is 0 Å². The van der Waals surface area contributed by atoms with E-state index in [1.165, 1.54) is 74.1 Å². The molecule has 4 nitrogen and oxygen atoms in total. The number of hydrogen-bond donors (Lipinski definition) is 0. The zero-order valence-corrected chi connectivity index (χ0v) is 42.0. The minimum Gasteiger partial charge on any atom is -0.656 e. The predicted molar refractivity (Wildman–Crippen MR) is 238 cm³/mol. The number of likely N-dealkylation sites (tertiary alicyclic amines) is 2. The van der Waals surface area contributed by atoms with E-state index in [2.05, 4.69) is 126 Å². The van der Waals surface area contributed by atoms with Gasteiger partial charge in [-0.05, 0) is 108 Å². The molecule has 0 bridgehead atoms. The molecule has 0 saturated carbocycles. The van der Waals surface area contributed by atoms with Gasteiger partial charge in [0.1, 0.15) is 0 Å². The van der Waals surface area contributed by atoms with Crippen molar-refractivity contribution < 1.29 is 43.4 Å². The van der Waals surface area contributed by atoms with Gasteiger partial charge in [0.05, 0.1) is 12.1 Å². The first-order chi connectivity index (χ1) is 21.1. The van der Waals surface area contributed by atoms with E-state index in [-0.39, 0.29) is 99.1 Å². The topological polar surface area (TPSA) is 34.7 Å². The van der Waals surface area contributed by atoms with Crippen molar-refractivity contribution in [3.8, 4) is 0 Å². The minimum atomic E-state index is -2.19. The smallest absolute Gasteiger partial charge is 0.656 e. The molecule has 53 heavy (non-hydrogen) atoms. The van der Waals surface area contributed by atoms with E-state index in [4.69, 9.17) is 9.96 Å². The van der Waals surface area contributed by atoms with Crippen LogP contribution in [0.25, 0.3) is 20.4 Å². The Hall–Kier alpha value is -0.378. The summed E-state index contributed by atoms with van der Waals surface area (Å²) in [7, 11) is -4.39. The Kier molecular flexibility index (Phi) is 23.0. The van der Waals surface area contributed by atoms with Gasteiger partial charge in [-0.3, -0.25) is 9.80 Å². The molecule has 2 fully saturated rings. The maximum atomic E-state index is 5.69. The Balaban J connectivity index is -0.00000312. The molecule has 2 aromatic carbocycles. The zero-order chi connectivity index (χ0) is 32.4. The van der Waals surface area contributed by atoms with Gasteiger partial charge in [-0.25, -0.2) is 0 Å². The summed E-state index contributed by atoms with van der Waals surface area (Å²) in [5, 5.41) is 3.22. The van der Waals surface area contributed by atoms with Gasteiger partial charge in [-0.1, -0.05) is 127 Å². The van der Waals surface area contributed by atoms with Crippen LogP contribution in [0.1, 0.15) is 108 Å². The van der Waals surface area contributed by atoms with Crippen LogP contribution >= 0.6 is 0 Å². The van der Waals surface area contributed by atoms with E-state index in [1.807, 2.05) is 0 Å². The van der Waals surface area contributed by atoms with E-state index in [0.29, 0.717) is 12.1 Å². The number of nitrogens with zero attached hydrogens (tertiary/aromatic N) is 4. The Morgan fingerprint density at radius 3 is 1.09 bits per heavy atom. The van der Waals surface area contributed by atoms with Crippen molar-refractivity contribution in [3.05, 3.63) is 136 Å². The standard InChI is InChI=1S/C39H58N4Si2.6CH3.2Ti/c1-38(2,3)40-44(7,8)36-30-21-13-11-19-28(30)34(42-23-15-16-24-42)32(36)27-33-35(43-25-17-18-26-43)29-20-12-14-22-31(29)37(33)45(9,10)41-39(4,5)6;;;;;;;;/h11-14,19-22,34-35H,15-18,23-27H2,1-10H3;6*1H3;;/q-2;6*-1;2*+4. The molecule has 292 valence electrons. The molecule has 2 aliphatic heterocycles. The first kappa shape index (κ1) is 56.9. The fourth-order valence-corrected chi connectivity index (χ4v) is 16.9. The molecular weight excluding hydrogens is 748 g/mol. The van der Waals surface area contributed by atoms with E-state index in [0.717, 1.165) is 6.42 Å². The van der Waals surface area contributed by atoms with Crippen LogP contribution in [0.3, 0.4) is 0 Å². The Bertz CT molecular complexity index is 1380. The number of hydrogen-bond acceptors (Lipinski definition) is 2. The molecule has 2 atom stereocenters. The van der Waals surface area contributed by atoms with Crippen LogP contribution in [-0.4, -0.2) is 63.5 Å². The average Bonchev–Trinajstić information content (AvgIpc) is 3.70. The largest absolute Gasteiger partial charge is 4.00 e. The van der Waals surface area contributed by atoms with Crippen LogP contribution in [-0.2, 0) is 43.4 Å². The van der Waals surface area contributed by atoms with Crippen molar-refractivity contribution in [2.45, 2.75) is 123 Å². The van der Waals surface area contributed by atoms with Gasteiger partial charge >= 0.3 is 43.4 Å². The SMILES string of the molecule is CC(C)(C)[N-][Si](C)(C)C1=C(CC2=C([Si](C)(C)[N-]C(C)(C)C)c3ccccc3C2N2CCCC2)C(N2CCCC2)c2ccccc21.[CH3-].[CH3-].[CH3-].[CH3-].[CH3-].[CH3-].[Ti+4].[Ti+4]. The molecular formula is C45H76N4Si2Ti2. The molecule has 0 aromatic heterocycles. The van der Waals surface area contributed by atoms with Crippen molar-refractivity contribution in [3.63, 3.8) is 0 Å². The van der Waals surface area contributed by atoms with E-state index >= 15 is 0 Å². The second-order valence-corrected chi connectivity index (χ2v) is 24.8. The number of fused-ring (bicyclic) bond motifs is 2. The minimum absolute atomic E-state index is 0. The van der Waals surface area contributed by atoms with Gasteiger partial charge in [-0.15, -0.1) is 11.1 Å². The van der Waals surface area contributed by atoms with Gasteiger partial charge in [0.25, 0.3) is 0 Å². The molecule has 0 radical (unpaired) electrons. The normalized spacial score (nSPS) is 19.9. The molecule has 6 rings (SSSR count). The molecule has 2 saturated heterocycles. The summed E-state index contributed by atoms with van der Waals surface area (Å²) in [6.07, 6.45) is 6.23. The quantitative estimate of drug-likeness (QED) is 0.196. The van der Waals surface area contributed by atoms with E-state index in [1.54, 1.807) is 21.5 Å². The molecule has 8 heteroatoms.